The number of nitrogens with one attached hydrogen (secondary N) is 2. The van der Waals surface area contributed by atoms with Gasteiger partial charge < -0.3 is 10.6 Å². The smallest absolute Gasteiger partial charge is 0.175 e. The van der Waals surface area contributed by atoms with E-state index in [0.717, 1.165) is 12.2 Å². The van der Waals surface area contributed by atoms with Crippen LogP contribution in [0.2, 0.25) is 5.02 Å². The van der Waals surface area contributed by atoms with Crippen molar-refractivity contribution in [2.24, 2.45) is 0 Å². The molecular formula is C18H19ClFN3S. The third-order valence-electron chi connectivity index (χ3n) is 3.97. The minimum Gasteiger partial charge on any atom is -0.332 e. The number of likely N-dealkylation sites (tertiary alicyclic amines) is 1. The Morgan fingerprint density at radius 2 is 1.92 bits per heavy atom. The maximum Gasteiger partial charge on any atom is 0.175 e. The first-order chi connectivity index (χ1) is 11.6. The Kier molecular flexibility index (Phi) is 5.66. The van der Waals surface area contributed by atoms with Gasteiger partial charge in [0.2, 0.25) is 0 Å². The highest BCUT2D eigenvalue weighted by atomic mass is 35.5. The molecule has 0 aliphatic carbocycles. The first-order valence-electron chi connectivity index (χ1n) is 7.94. The van der Waals surface area contributed by atoms with Crippen molar-refractivity contribution in [3.05, 3.63) is 58.9 Å². The number of nitrogens with zero attached hydrogens (tertiary/aromatic N) is 1. The Hall–Kier alpha value is -1.69. The van der Waals surface area contributed by atoms with Crippen molar-refractivity contribution >= 4 is 40.3 Å². The van der Waals surface area contributed by atoms with Crippen molar-refractivity contribution in [3.8, 4) is 0 Å². The van der Waals surface area contributed by atoms with Crippen LogP contribution in [0.3, 0.4) is 0 Å². The summed E-state index contributed by atoms with van der Waals surface area (Å²) in [6.45, 7) is 3.29. The SMILES string of the molecule is Fc1ccc(NC(=S)Nc2cccc(CN3CCCC3)c2)c(Cl)c1. The quantitative estimate of drug-likeness (QED) is 0.757. The Labute approximate surface area is 151 Å². The Morgan fingerprint density at radius 3 is 2.67 bits per heavy atom. The lowest BCUT2D eigenvalue weighted by molar-refractivity contribution is 0.331. The van der Waals surface area contributed by atoms with Crippen LogP contribution in [0.5, 0.6) is 0 Å². The molecule has 0 aromatic heterocycles. The molecule has 0 unspecified atom stereocenters. The van der Waals surface area contributed by atoms with Crippen molar-refractivity contribution in [1.82, 2.24) is 4.90 Å². The molecule has 0 bridgehead atoms. The highest BCUT2D eigenvalue weighted by Crippen LogP contribution is 2.23. The lowest BCUT2D eigenvalue weighted by Gasteiger charge is -2.16. The van der Waals surface area contributed by atoms with E-state index < -0.39 is 0 Å². The van der Waals surface area contributed by atoms with Crippen LogP contribution in [-0.4, -0.2) is 23.1 Å². The van der Waals surface area contributed by atoms with Crippen molar-refractivity contribution in [2.75, 3.05) is 23.7 Å². The second-order valence-corrected chi connectivity index (χ2v) is 6.70. The average molecular weight is 364 g/mol. The second kappa shape index (κ2) is 7.92. The topological polar surface area (TPSA) is 27.3 Å². The molecule has 24 heavy (non-hydrogen) atoms. The monoisotopic (exact) mass is 363 g/mol. The minimum atomic E-state index is -0.376. The van der Waals surface area contributed by atoms with Gasteiger partial charge in [-0.15, -0.1) is 0 Å². The normalized spacial score (nSPS) is 14.6. The Balaban J connectivity index is 1.61. The van der Waals surface area contributed by atoms with Gasteiger partial charge in [0.15, 0.2) is 5.11 Å². The molecule has 0 radical (unpaired) electrons. The molecule has 0 atom stereocenters. The zero-order valence-electron chi connectivity index (χ0n) is 13.2. The van der Waals surface area contributed by atoms with Crippen molar-refractivity contribution in [2.45, 2.75) is 19.4 Å². The molecule has 2 N–H and O–H groups in total. The fraction of sp³-hybridized carbons (Fsp3) is 0.278. The van der Waals surface area contributed by atoms with Crippen molar-refractivity contribution < 1.29 is 4.39 Å². The molecule has 1 aliphatic heterocycles. The van der Waals surface area contributed by atoms with Crippen LogP contribution in [0, 0.1) is 5.82 Å². The molecule has 0 spiro atoms. The van der Waals surface area contributed by atoms with E-state index in [9.17, 15) is 4.39 Å². The maximum atomic E-state index is 13.1. The molecular weight excluding hydrogens is 345 g/mol. The van der Waals surface area contributed by atoms with Crippen molar-refractivity contribution in [3.63, 3.8) is 0 Å². The van der Waals surface area contributed by atoms with Gasteiger partial charge in [-0.1, -0.05) is 23.7 Å². The highest BCUT2D eigenvalue weighted by Gasteiger charge is 2.12. The summed E-state index contributed by atoms with van der Waals surface area (Å²) in [4.78, 5) is 2.45. The molecule has 3 nitrogen and oxygen atoms in total. The van der Waals surface area contributed by atoms with Crippen LogP contribution in [0.4, 0.5) is 15.8 Å². The average Bonchev–Trinajstić information content (AvgIpc) is 3.03. The molecule has 126 valence electrons. The van der Waals surface area contributed by atoms with Gasteiger partial charge in [0.1, 0.15) is 5.82 Å². The molecule has 1 aliphatic rings. The molecule has 1 fully saturated rings. The number of thiocarbonyl (C=S) groups is 1. The fourth-order valence-electron chi connectivity index (χ4n) is 2.82. The molecule has 3 rings (SSSR count). The summed E-state index contributed by atoms with van der Waals surface area (Å²) in [5, 5.41) is 6.85. The third-order valence-corrected chi connectivity index (χ3v) is 4.49. The van der Waals surface area contributed by atoms with E-state index in [1.807, 2.05) is 12.1 Å². The lowest BCUT2D eigenvalue weighted by Crippen LogP contribution is -2.20. The number of hydrogen-bond donors (Lipinski definition) is 2. The summed E-state index contributed by atoms with van der Waals surface area (Å²) in [7, 11) is 0. The van der Waals surface area contributed by atoms with Crippen LogP contribution < -0.4 is 10.6 Å². The molecule has 0 amide bonds. The van der Waals surface area contributed by atoms with Crippen LogP contribution in [0.15, 0.2) is 42.5 Å². The van der Waals surface area contributed by atoms with Gasteiger partial charge in [-0.25, -0.2) is 4.39 Å². The van der Waals surface area contributed by atoms with Crippen molar-refractivity contribution in [1.29, 1.82) is 0 Å². The predicted molar refractivity (Wildman–Crippen MR) is 102 cm³/mol. The minimum absolute atomic E-state index is 0.293. The van der Waals surface area contributed by atoms with Crippen LogP contribution in [-0.2, 0) is 6.54 Å². The Morgan fingerprint density at radius 1 is 1.12 bits per heavy atom. The number of halogens is 2. The summed E-state index contributed by atoms with van der Waals surface area (Å²) in [6.07, 6.45) is 2.56. The van der Waals surface area contributed by atoms with E-state index in [0.29, 0.717) is 15.8 Å². The van der Waals surface area contributed by atoms with E-state index >= 15 is 0 Å². The van der Waals surface area contributed by atoms with E-state index in [1.54, 1.807) is 6.07 Å². The van der Waals surface area contributed by atoms with Crippen LogP contribution in [0.1, 0.15) is 18.4 Å². The predicted octanol–water partition coefficient (Wildman–Crippen LogP) is 4.88. The van der Waals surface area contributed by atoms with Gasteiger partial charge in [-0.3, -0.25) is 4.90 Å². The largest absolute Gasteiger partial charge is 0.332 e. The lowest BCUT2D eigenvalue weighted by atomic mass is 10.2. The maximum absolute atomic E-state index is 13.1. The van der Waals surface area contributed by atoms with Gasteiger partial charge in [-0.05, 0) is 74.0 Å². The van der Waals surface area contributed by atoms with Gasteiger partial charge in [-0.2, -0.15) is 0 Å². The second-order valence-electron chi connectivity index (χ2n) is 5.89. The van der Waals surface area contributed by atoms with Gasteiger partial charge in [0.25, 0.3) is 0 Å². The molecule has 1 heterocycles. The zero-order valence-corrected chi connectivity index (χ0v) is 14.8. The van der Waals surface area contributed by atoms with E-state index in [4.69, 9.17) is 23.8 Å². The summed E-state index contributed by atoms with van der Waals surface area (Å²) in [6, 6.07) is 12.4. The van der Waals surface area contributed by atoms with E-state index in [2.05, 4.69) is 27.7 Å². The first-order valence-corrected chi connectivity index (χ1v) is 8.73. The zero-order chi connectivity index (χ0) is 16.9. The molecule has 1 saturated heterocycles. The van der Waals surface area contributed by atoms with Gasteiger partial charge in [0.05, 0.1) is 10.7 Å². The summed E-state index contributed by atoms with van der Waals surface area (Å²) >= 11 is 11.3. The molecule has 2 aromatic carbocycles. The molecule has 6 heteroatoms. The summed E-state index contributed by atoms with van der Waals surface area (Å²) in [5.41, 5.74) is 2.75. The first kappa shape index (κ1) is 17.1. The van der Waals surface area contributed by atoms with Gasteiger partial charge >= 0.3 is 0 Å². The number of benzene rings is 2. The standard InChI is InChI=1S/C18H19ClFN3S/c19-16-11-14(20)6-7-17(16)22-18(24)21-15-5-3-4-13(10-15)12-23-8-1-2-9-23/h3-7,10-11H,1-2,8-9,12H2,(H2,21,22,24). The molecule has 0 saturated carbocycles. The van der Waals surface area contributed by atoms with Crippen LogP contribution >= 0.6 is 23.8 Å². The fourth-order valence-corrected chi connectivity index (χ4v) is 3.26. The van der Waals surface area contributed by atoms with Crippen LogP contribution in [0.25, 0.3) is 0 Å². The molecule has 2 aromatic rings. The summed E-state index contributed by atoms with van der Waals surface area (Å²) in [5.74, 6) is -0.376. The number of anilines is 2. The Bertz CT molecular complexity index is 732. The van der Waals surface area contributed by atoms with Gasteiger partial charge in [0, 0.05) is 12.2 Å². The van der Waals surface area contributed by atoms with E-state index in [1.165, 1.54) is 43.6 Å². The number of hydrogen-bond acceptors (Lipinski definition) is 2. The number of rotatable bonds is 4. The third kappa shape index (κ3) is 4.66. The van der Waals surface area contributed by atoms with E-state index in [-0.39, 0.29) is 5.82 Å². The summed E-state index contributed by atoms with van der Waals surface area (Å²) < 4.78 is 13.1. The highest BCUT2D eigenvalue weighted by molar-refractivity contribution is 7.80.